The van der Waals surface area contributed by atoms with Crippen LogP contribution in [0.15, 0.2) is 457 Å². The van der Waals surface area contributed by atoms with Crippen LogP contribution in [-0.4, -0.2) is 0 Å². The summed E-state index contributed by atoms with van der Waals surface area (Å²) in [6.45, 7) is 10.5. The Morgan fingerprint density at radius 3 is 0.518 bits per heavy atom. The minimum absolute atomic E-state index is 0.875. The monoisotopic (exact) mass is 1780 g/mol. The van der Waals surface area contributed by atoms with Crippen LogP contribution in [0.3, 0.4) is 0 Å². The molecule has 0 aliphatic heterocycles. The zero-order chi connectivity index (χ0) is 92.6. The van der Waals surface area contributed by atoms with Gasteiger partial charge in [-0.15, -0.1) is 0 Å². The first-order valence-electron chi connectivity index (χ1n) is 47.4. The lowest BCUT2D eigenvalue weighted by molar-refractivity contribution is 0.672. The fourth-order valence-electron chi connectivity index (χ4n) is 21.2. The van der Waals surface area contributed by atoms with Crippen LogP contribution >= 0.6 is 0 Å². The Labute approximate surface area is 797 Å². The van der Waals surface area contributed by atoms with Crippen LogP contribution in [0.4, 0.5) is 0 Å². The first-order chi connectivity index (χ1) is 68.4. The molecule has 31 aromatic rings. The molecule has 654 valence electrons. The number of hydrogen-bond donors (Lipinski definition) is 0. The van der Waals surface area contributed by atoms with Crippen molar-refractivity contribution in [2.45, 2.75) is 34.6 Å². The molecule has 31 rings (SSSR count). The van der Waals surface area contributed by atoms with E-state index in [0.717, 1.165) is 94.3 Å². The number of hydrogen-bond acceptors (Lipinski definition) is 6. The zero-order valence-corrected chi connectivity index (χ0v) is 76.9. The first-order valence-corrected chi connectivity index (χ1v) is 47.4. The molecular weight excluding hydrogens is 1690 g/mol. The largest absolute Gasteiger partial charge is 0.455 e. The molecule has 0 fully saturated rings. The summed E-state index contributed by atoms with van der Waals surface area (Å²) in [7, 11) is 0. The van der Waals surface area contributed by atoms with Crippen molar-refractivity contribution in [2.75, 3.05) is 0 Å². The highest BCUT2D eigenvalue weighted by Gasteiger charge is 2.20. The second-order valence-corrected chi connectivity index (χ2v) is 36.9. The van der Waals surface area contributed by atoms with Gasteiger partial charge in [0, 0.05) is 108 Å². The van der Waals surface area contributed by atoms with Crippen LogP contribution in [-0.2, 0) is 0 Å². The maximum atomic E-state index is 6.34. The molecule has 0 atom stereocenters. The summed E-state index contributed by atoms with van der Waals surface area (Å²) < 4.78 is 37.3. The Morgan fingerprint density at radius 1 is 0.122 bits per heavy atom. The van der Waals surface area contributed by atoms with Gasteiger partial charge in [0.15, 0.2) is 0 Å². The van der Waals surface area contributed by atoms with E-state index in [2.05, 4.69) is 441 Å². The third-order valence-corrected chi connectivity index (χ3v) is 28.1. The van der Waals surface area contributed by atoms with Crippen molar-refractivity contribution in [2.24, 2.45) is 0 Å². The quantitative estimate of drug-likeness (QED) is 0.111. The molecule has 0 amide bonds. The summed E-state index contributed by atoms with van der Waals surface area (Å²) >= 11 is 0. The first kappa shape index (κ1) is 81.7. The van der Waals surface area contributed by atoms with Gasteiger partial charge in [-0.2, -0.15) is 0 Å². The Morgan fingerprint density at radius 2 is 0.288 bits per heavy atom. The minimum Gasteiger partial charge on any atom is -0.455 e. The Hall–Kier alpha value is -18.0. The van der Waals surface area contributed by atoms with E-state index < -0.39 is 0 Å². The zero-order valence-electron chi connectivity index (χ0n) is 76.9. The van der Waals surface area contributed by atoms with Crippen LogP contribution in [0.5, 0.6) is 0 Å². The third kappa shape index (κ3) is 14.2. The highest BCUT2D eigenvalue weighted by molar-refractivity contribution is 6.27. The summed E-state index contributed by atoms with van der Waals surface area (Å²) in [5, 5.41) is 43.9. The van der Waals surface area contributed by atoms with E-state index in [1.807, 2.05) is 36.4 Å². The minimum atomic E-state index is 0.875. The molecule has 25 aromatic carbocycles. The topological polar surface area (TPSA) is 78.8 Å². The van der Waals surface area contributed by atoms with E-state index in [1.165, 1.54) is 206 Å². The van der Waals surface area contributed by atoms with Crippen LogP contribution in [0.2, 0.25) is 0 Å². The summed E-state index contributed by atoms with van der Waals surface area (Å²) in [5.41, 5.74) is 19.7. The van der Waals surface area contributed by atoms with Crippen molar-refractivity contribution in [1.82, 2.24) is 0 Å². The second-order valence-electron chi connectivity index (χ2n) is 36.9. The van der Waals surface area contributed by atoms with Crippen molar-refractivity contribution in [3.63, 3.8) is 0 Å². The molecule has 6 heterocycles. The maximum Gasteiger partial charge on any atom is 0.143 e. The molecule has 0 radical (unpaired) electrons. The molecule has 6 aromatic heterocycles. The van der Waals surface area contributed by atoms with Gasteiger partial charge in [-0.05, 0) is 293 Å². The van der Waals surface area contributed by atoms with E-state index in [4.69, 9.17) is 26.5 Å². The van der Waals surface area contributed by atoms with E-state index in [1.54, 1.807) is 0 Å². The molecule has 0 unspecified atom stereocenters. The summed E-state index contributed by atoms with van der Waals surface area (Å²) in [4.78, 5) is 0. The van der Waals surface area contributed by atoms with Gasteiger partial charge in [0.2, 0.25) is 0 Å². The van der Waals surface area contributed by atoms with Gasteiger partial charge in [0.1, 0.15) is 67.0 Å². The highest BCUT2D eigenvalue weighted by atomic mass is 16.3. The summed E-state index contributed by atoms with van der Waals surface area (Å²) in [5.74, 6) is 6.47. The van der Waals surface area contributed by atoms with E-state index in [-0.39, 0.29) is 0 Å². The van der Waals surface area contributed by atoms with Gasteiger partial charge in [-0.25, -0.2) is 0 Å². The van der Waals surface area contributed by atoms with Crippen LogP contribution < -0.4 is 0 Å². The molecule has 0 aliphatic rings. The number of rotatable bonds is 0. The molecule has 0 saturated heterocycles. The lowest BCUT2D eigenvalue weighted by Crippen LogP contribution is -1.78. The smallest absolute Gasteiger partial charge is 0.143 e. The average molecular weight is 1780 g/mol. The van der Waals surface area contributed by atoms with Crippen molar-refractivity contribution in [3.8, 4) is 11.8 Å². The summed E-state index contributed by atoms with van der Waals surface area (Å²) in [6, 6.07) is 152. The van der Waals surface area contributed by atoms with Crippen LogP contribution in [0, 0.1) is 46.5 Å². The van der Waals surface area contributed by atoms with Gasteiger partial charge in [-0.1, -0.05) is 309 Å². The lowest BCUT2D eigenvalue weighted by Gasteiger charge is -2.04. The fourth-order valence-corrected chi connectivity index (χ4v) is 21.2. The molecule has 0 saturated carbocycles. The normalized spacial score (nSPS) is 11.7. The van der Waals surface area contributed by atoms with Gasteiger partial charge in [0.05, 0.1) is 0 Å². The van der Waals surface area contributed by atoms with Gasteiger partial charge < -0.3 is 26.5 Å². The number of furan rings is 6. The molecule has 6 heteroatoms. The van der Waals surface area contributed by atoms with E-state index in [0.29, 0.717) is 0 Å². The Balaban J connectivity index is 0.0000000863. The van der Waals surface area contributed by atoms with E-state index >= 15 is 0 Å². The Bertz CT molecular complexity index is 9470. The SMILES string of the molecule is C(#Cc1ccc2c(c1)oc1c2ccc2c3ccccc3ccc21)c1ccccc1.Cc1ccc2c(c1)oc1c2ccc2c3ccccc3ccc21.Cc1ccc2c(c1)oc1c2ccc2c3ccccc3ccc21.Cc1ccc2c(c1)oc1c2ccc2c3ccccc3ccc21.Cc1ccc2c(c1)oc1c2ccc2c3ccccc3ccc21.Cc1ccc2c(c1)oc1c2ccc2c3ccccc3ccc21. The van der Waals surface area contributed by atoms with Gasteiger partial charge >= 0.3 is 0 Å². The number of benzene rings is 25. The van der Waals surface area contributed by atoms with Crippen molar-refractivity contribution >= 4 is 261 Å². The van der Waals surface area contributed by atoms with Crippen LogP contribution in [0.1, 0.15) is 38.9 Å². The van der Waals surface area contributed by atoms with Crippen molar-refractivity contribution in [3.05, 3.63) is 470 Å². The number of aryl methyl sites for hydroxylation is 5. The molecular formula is C133H86O6. The molecule has 0 aliphatic carbocycles. The second kappa shape index (κ2) is 33.3. The van der Waals surface area contributed by atoms with Gasteiger partial charge in [0.25, 0.3) is 0 Å². The molecule has 139 heavy (non-hydrogen) atoms. The fraction of sp³-hybridized carbons (Fsp3) is 0.0376. The molecule has 0 spiro atoms. The lowest BCUT2D eigenvalue weighted by atomic mass is 10.00. The highest BCUT2D eigenvalue weighted by Crippen LogP contribution is 2.46. The molecule has 0 N–H and O–H groups in total. The maximum absolute atomic E-state index is 6.34. The molecule has 0 bridgehead atoms. The number of fused-ring (bicyclic) bond motifs is 42. The average Bonchev–Trinajstić information content (AvgIpc) is 1.61. The van der Waals surface area contributed by atoms with E-state index in [9.17, 15) is 0 Å². The summed E-state index contributed by atoms with van der Waals surface area (Å²) in [6.07, 6.45) is 0. The Kier molecular flexibility index (Phi) is 19.6. The standard InChI is InChI=1S/C28H16O.5C21H14O/c1-2-6-19(7-3-1)10-11-20-12-14-24-26-17-16-23-22-9-5-4-8-21(22)13-15-25(23)28(26)29-27(24)18-20;5*1-13-6-8-17-19-11-10-16-15-5-3-2-4-14(15)7-9-18(16)21(19)22-20(17)12-13/h1-9,12-18H;5*2-12H,1H3. The van der Waals surface area contributed by atoms with Crippen molar-refractivity contribution < 1.29 is 26.5 Å². The molecule has 6 nitrogen and oxygen atoms in total. The third-order valence-electron chi connectivity index (χ3n) is 28.1. The van der Waals surface area contributed by atoms with Crippen LogP contribution in [0.25, 0.3) is 261 Å². The van der Waals surface area contributed by atoms with Crippen molar-refractivity contribution in [1.29, 1.82) is 0 Å². The predicted octanol–water partition coefficient (Wildman–Crippen LogP) is 38.3. The van der Waals surface area contributed by atoms with Gasteiger partial charge in [-0.3, -0.25) is 0 Å². The predicted molar refractivity (Wildman–Crippen MR) is 588 cm³/mol.